The molecule has 1 aliphatic rings. The molecule has 0 aliphatic carbocycles. The van der Waals surface area contributed by atoms with Gasteiger partial charge in [0.1, 0.15) is 0 Å². The number of nitrogens with zero attached hydrogens (tertiary/aromatic N) is 1. The van der Waals surface area contributed by atoms with Crippen molar-refractivity contribution in [1.29, 1.82) is 0 Å². The second-order valence-corrected chi connectivity index (χ2v) is 5.96. The van der Waals surface area contributed by atoms with E-state index in [1.807, 2.05) is 0 Å². The molecule has 1 fully saturated rings. The number of hydrogen-bond acceptors (Lipinski definition) is 3. The van der Waals surface area contributed by atoms with Crippen molar-refractivity contribution >= 4 is 17.4 Å². The highest BCUT2D eigenvalue weighted by atomic mass is 32.2. The van der Waals surface area contributed by atoms with Gasteiger partial charge in [-0.2, -0.15) is 0 Å². The summed E-state index contributed by atoms with van der Waals surface area (Å²) in [6, 6.07) is 9.44. The molecule has 1 aromatic rings. The van der Waals surface area contributed by atoms with E-state index in [4.69, 9.17) is 0 Å². The van der Waals surface area contributed by atoms with Gasteiger partial charge in [-0.25, -0.2) is 0 Å². The molecule has 1 N–H and O–H groups in total. The molecular formula is C15H24N2S. The Labute approximate surface area is 115 Å². The summed E-state index contributed by atoms with van der Waals surface area (Å²) in [6.45, 7) is 2.35. The monoisotopic (exact) mass is 264 g/mol. The highest BCUT2D eigenvalue weighted by Gasteiger charge is 2.17. The molecule has 0 aromatic heterocycles. The van der Waals surface area contributed by atoms with E-state index < -0.39 is 0 Å². The number of nitrogens with one attached hydrogen (secondary N) is 1. The Hall–Kier alpha value is -0.670. The topological polar surface area (TPSA) is 15.3 Å². The first-order valence-corrected chi connectivity index (χ1v) is 8.10. The van der Waals surface area contributed by atoms with Crippen molar-refractivity contribution in [2.75, 3.05) is 31.7 Å². The average molecular weight is 264 g/mol. The van der Waals surface area contributed by atoms with Crippen LogP contribution in [0.3, 0.4) is 0 Å². The molecule has 1 unspecified atom stereocenters. The van der Waals surface area contributed by atoms with E-state index in [1.165, 1.54) is 42.8 Å². The predicted molar refractivity (Wildman–Crippen MR) is 81.6 cm³/mol. The lowest BCUT2D eigenvalue weighted by Gasteiger charge is -2.32. The van der Waals surface area contributed by atoms with Crippen molar-refractivity contribution in [2.45, 2.75) is 36.6 Å². The van der Waals surface area contributed by atoms with Gasteiger partial charge in [0.15, 0.2) is 0 Å². The molecule has 1 atom stereocenters. The van der Waals surface area contributed by atoms with E-state index in [-0.39, 0.29) is 0 Å². The van der Waals surface area contributed by atoms with E-state index in [2.05, 4.69) is 47.8 Å². The molecule has 1 saturated heterocycles. The van der Waals surface area contributed by atoms with Crippen LogP contribution in [0.15, 0.2) is 29.2 Å². The quantitative estimate of drug-likeness (QED) is 0.817. The fraction of sp³-hybridized carbons (Fsp3) is 0.600. The number of rotatable bonds is 5. The number of hydrogen-bond donors (Lipinski definition) is 1. The lowest BCUT2D eigenvalue weighted by atomic mass is 10.0. The molecule has 0 spiro atoms. The third-order valence-corrected chi connectivity index (χ3v) is 4.52. The third-order valence-electron chi connectivity index (χ3n) is 3.80. The SMILES string of the molecule is CSc1cccc(NCCC2CCCCN2C)c1. The summed E-state index contributed by atoms with van der Waals surface area (Å²) < 4.78 is 0. The van der Waals surface area contributed by atoms with Gasteiger partial charge in [-0.1, -0.05) is 12.5 Å². The number of anilines is 1. The van der Waals surface area contributed by atoms with Crippen LogP contribution in [0.25, 0.3) is 0 Å². The zero-order valence-corrected chi connectivity index (χ0v) is 12.3. The first-order valence-electron chi connectivity index (χ1n) is 6.88. The van der Waals surface area contributed by atoms with Crippen LogP contribution in [0.5, 0.6) is 0 Å². The molecule has 2 rings (SSSR count). The molecule has 100 valence electrons. The Morgan fingerprint density at radius 1 is 1.39 bits per heavy atom. The molecule has 3 heteroatoms. The van der Waals surface area contributed by atoms with Gasteiger partial charge in [0.2, 0.25) is 0 Å². The third kappa shape index (κ3) is 3.92. The molecule has 0 amide bonds. The van der Waals surface area contributed by atoms with Gasteiger partial charge >= 0.3 is 0 Å². The normalized spacial score (nSPS) is 20.9. The maximum absolute atomic E-state index is 3.55. The summed E-state index contributed by atoms with van der Waals surface area (Å²) in [6.07, 6.45) is 7.51. The minimum Gasteiger partial charge on any atom is -0.385 e. The van der Waals surface area contributed by atoms with E-state index in [1.54, 1.807) is 11.8 Å². The van der Waals surface area contributed by atoms with E-state index >= 15 is 0 Å². The summed E-state index contributed by atoms with van der Waals surface area (Å²) >= 11 is 1.80. The van der Waals surface area contributed by atoms with Crippen molar-refractivity contribution in [2.24, 2.45) is 0 Å². The summed E-state index contributed by atoms with van der Waals surface area (Å²) in [5.41, 5.74) is 1.25. The van der Waals surface area contributed by atoms with Crippen molar-refractivity contribution in [3.05, 3.63) is 24.3 Å². The minimum absolute atomic E-state index is 0.773. The molecule has 0 bridgehead atoms. The lowest BCUT2D eigenvalue weighted by molar-refractivity contribution is 0.179. The Balaban J connectivity index is 1.77. The number of benzene rings is 1. The van der Waals surface area contributed by atoms with Crippen LogP contribution in [-0.2, 0) is 0 Å². The van der Waals surface area contributed by atoms with Crippen LogP contribution < -0.4 is 5.32 Å². The molecule has 18 heavy (non-hydrogen) atoms. The fourth-order valence-corrected chi connectivity index (χ4v) is 3.08. The number of thioether (sulfide) groups is 1. The number of piperidine rings is 1. The van der Waals surface area contributed by atoms with Gasteiger partial charge in [0.25, 0.3) is 0 Å². The predicted octanol–water partition coefficient (Wildman–Crippen LogP) is 3.69. The van der Waals surface area contributed by atoms with Crippen molar-refractivity contribution in [1.82, 2.24) is 4.90 Å². The van der Waals surface area contributed by atoms with Crippen molar-refractivity contribution in [3.63, 3.8) is 0 Å². The summed E-state index contributed by atoms with van der Waals surface area (Å²) in [4.78, 5) is 3.85. The summed E-state index contributed by atoms with van der Waals surface area (Å²) in [7, 11) is 2.26. The average Bonchev–Trinajstić information content (AvgIpc) is 2.41. The van der Waals surface area contributed by atoms with Crippen LogP contribution in [0.1, 0.15) is 25.7 Å². The maximum atomic E-state index is 3.55. The Bertz CT molecular complexity index is 367. The van der Waals surface area contributed by atoms with E-state index in [0.717, 1.165) is 12.6 Å². The van der Waals surface area contributed by atoms with E-state index in [0.29, 0.717) is 0 Å². The first-order chi connectivity index (χ1) is 8.79. The largest absolute Gasteiger partial charge is 0.385 e. The standard InChI is InChI=1S/C15H24N2S/c1-17-11-4-3-7-14(17)9-10-16-13-6-5-8-15(12-13)18-2/h5-6,8,12,14,16H,3-4,7,9-11H2,1-2H3. The summed E-state index contributed by atoms with van der Waals surface area (Å²) in [5.74, 6) is 0. The zero-order valence-electron chi connectivity index (χ0n) is 11.5. The Morgan fingerprint density at radius 2 is 2.28 bits per heavy atom. The Morgan fingerprint density at radius 3 is 3.06 bits per heavy atom. The molecule has 1 heterocycles. The van der Waals surface area contributed by atoms with Crippen LogP contribution in [-0.4, -0.2) is 37.3 Å². The fourth-order valence-electron chi connectivity index (χ4n) is 2.63. The van der Waals surface area contributed by atoms with Gasteiger partial charge in [0, 0.05) is 23.2 Å². The molecule has 2 nitrogen and oxygen atoms in total. The summed E-state index contributed by atoms with van der Waals surface area (Å²) in [5, 5.41) is 3.55. The number of likely N-dealkylation sites (tertiary alicyclic amines) is 1. The minimum atomic E-state index is 0.773. The first kappa shape index (κ1) is 13.8. The smallest absolute Gasteiger partial charge is 0.0351 e. The lowest BCUT2D eigenvalue weighted by Crippen LogP contribution is -2.37. The van der Waals surface area contributed by atoms with Crippen LogP contribution in [0.2, 0.25) is 0 Å². The molecular weight excluding hydrogens is 240 g/mol. The van der Waals surface area contributed by atoms with Crippen molar-refractivity contribution < 1.29 is 0 Å². The van der Waals surface area contributed by atoms with E-state index in [9.17, 15) is 0 Å². The van der Waals surface area contributed by atoms with Crippen LogP contribution in [0, 0.1) is 0 Å². The second kappa shape index (κ2) is 7.05. The molecule has 0 saturated carbocycles. The molecule has 0 radical (unpaired) electrons. The maximum Gasteiger partial charge on any atom is 0.0351 e. The van der Waals surface area contributed by atoms with Gasteiger partial charge in [-0.15, -0.1) is 11.8 Å². The molecule has 1 aromatic carbocycles. The van der Waals surface area contributed by atoms with Gasteiger partial charge in [-0.05, 0) is 57.3 Å². The van der Waals surface area contributed by atoms with Crippen LogP contribution in [0.4, 0.5) is 5.69 Å². The van der Waals surface area contributed by atoms with Crippen molar-refractivity contribution in [3.8, 4) is 0 Å². The zero-order chi connectivity index (χ0) is 12.8. The van der Waals surface area contributed by atoms with Crippen LogP contribution >= 0.6 is 11.8 Å². The van der Waals surface area contributed by atoms with Gasteiger partial charge in [0.05, 0.1) is 0 Å². The highest BCUT2D eigenvalue weighted by Crippen LogP contribution is 2.20. The highest BCUT2D eigenvalue weighted by molar-refractivity contribution is 7.98. The molecule has 1 aliphatic heterocycles. The second-order valence-electron chi connectivity index (χ2n) is 5.08. The Kier molecular flexibility index (Phi) is 5.39. The van der Waals surface area contributed by atoms with Gasteiger partial charge in [-0.3, -0.25) is 0 Å². The van der Waals surface area contributed by atoms with Gasteiger partial charge < -0.3 is 10.2 Å².